The molecule has 102 valence electrons. The lowest BCUT2D eigenvalue weighted by molar-refractivity contribution is 0.502. The number of thiophene rings is 1. The molecule has 0 aliphatic carbocycles. The zero-order valence-electron chi connectivity index (χ0n) is 9.59. The van der Waals surface area contributed by atoms with Gasteiger partial charge in [0.2, 0.25) is 0 Å². The van der Waals surface area contributed by atoms with Gasteiger partial charge in [0.1, 0.15) is 11.6 Å². The Labute approximate surface area is 130 Å². The van der Waals surface area contributed by atoms with Gasteiger partial charge in [-0.05, 0) is 56.5 Å². The minimum absolute atomic E-state index is 0.0156. The molecule has 0 amide bonds. The molecule has 19 heavy (non-hydrogen) atoms. The van der Waals surface area contributed by atoms with Crippen LogP contribution in [0.4, 0.5) is 8.78 Å². The van der Waals surface area contributed by atoms with Crippen LogP contribution in [0.2, 0.25) is 0 Å². The van der Waals surface area contributed by atoms with E-state index in [-0.39, 0.29) is 22.5 Å². The molecule has 0 aliphatic rings. The highest BCUT2D eigenvalue weighted by molar-refractivity contribution is 9.10. The molecule has 7 heteroatoms. The number of nitrogens with two attached hydrogens (primary N) is 1. The van der Waals surface area contributed by atoms with E-state index < -0.39 is 11.6 Å². The van der Waals surface area contributed by atoms with Gasteiger partial charge >= 0.3 is 0 Å². The van der Waals surface area contributed by atoms with E-state index in [2.05, 4.69) is 37.3 Å². The summed E-state index contributed by atoms with van der Waals surface area (Å²) in [6, 6.07) is 4.12. The van der Waals surface area contributed by atoms with E-state index in [0.29, 0.717) is 0 Å². The highest BCUT2D eigenvalue weighted by Crippen LogP contribution is 2.30. The van der Waals surface area contributed by atoms with Crippen molar-refractivity contribution in [3.63, 3.8) is 0 Å². The third kappa shape index (κ3) is 3.41. The summed E-state index contributed by atoms with van der Waals surface area (Å²) in [7, 11) is 0. The Morgan fingerprint density at radius 3 is 2.63 bits per heavy atom. The minimum atomic E-state index is -0.587. The van der Waals surface area contributed by atoms with Crippen molar-refractivity contribution in [1.82, 2.24) is 5.43 Å². The molecule has 2 aromatic rings. The van der Waals surface area contributed by atoms with Crippen molar-refractivity contribution in [2.45, 2.75) is 12.5 Å². The van der Waals surface area contributed by atoms with Crippen molar-refractivity contribution < 1.29 is 8.78 Å². The van der Waals surface area contributed by atoms with Crippen molar-refractivity contribution in [3.05, 3.63) is 54.6 Å². The second-order valence-corrected chi connectivity index (χ2v) is 6.63. The number of nitrogens with one attached hydrogen (secondary N) is 1. The summed E-state index contributed by atoms with van der Waals surface area (Å²) in [5.41, 5.74) is 2.61. The first kappa shape index (κ1) is 15.1. The standard InChI is InChI=1S/C12H10Br2F2N2S/c13-6-3-11(19-5-6)10(18-17)4-7-9(15)2-1-8(14)12(7)16/h1-3,5,10,18H,4,17H2. The molecule has 0 aliphatic heterocycles. The van der Waals surface area contributed by atoms with E-state index in [1.165, 1.54) is 23.5 Å². The smallest absolute Gasteiger partial charge is 0.143 e. The Morgan fingerprint density at radius 1 is 1.32 bits per heavy atom. The summed E-state index contributed by atoms with van der Waals surface area (Å²) in [4.78, 5) is 0.910. The fraction of sp³-hybridized carbons (Fsp3) is 0.167. The average molecular weight is 412 g/mol. The molecule has 1 atom stereocenters. The maximum Gasteiger partial charge on any atom is 0.143 e. The van der Waals surface area contributed by atoms with Gasteiger partial charge in [-0.1, -0.05) is 0 Å². The van der Waals surface area contributed by atoms with Crippen molar-refractivity contribution in [2.75, 3.05) is 0 Å². The summed E-state index contributed by atoms with van der Waals surface area (Å²) >= 11 is 7.87. The Morgan fingerprint density at radius 2 is 2.05 bits per heavy atom. The number of hydrazine groups is 1. The van der Waals surface area contributed by atoms with Crippen LogP contribution in [-0.2, 0) is 6.42 Å². The monoisotopic (exact) mass is 410 g/mol. The summed E-state index contributed by atoms with van der Waals surface area (Å²) in [6.45, 7) is 0. The number of hydrogen-bond acceptors (Lipinski definition) is 3. The zero-order chi connectivity index (χ0) is 14.0. The van der Waals surface area contributed by atoms with Crippen LogP contribution in [0.5, 0.6) is 0 Å². The van der Waals surface area contributed by atoms with E-state index in [1.807, 2.05) is 11.4 Å². The molecule has 0 spiro atoms. The maximum absolute atomic E-state index is 13.9. The molecule has 1 aromatic heterocycles. The predicted octanol–water partition coefficient (Wildman–Crippen LogP) is 4.30. The third-order valence-corrected chi connectivity index (χ3v) is 5.10. The Bertz CT molecular complexity index is 589. The number of benzene rings is 1. The molecule has 0 fully saturated rings. The van der Waals surface area contributed by atoms with Crippen molar-refractivity contribution in [3.8, 4) is 0 Å². The van der Waals surface area contributed by atoms with E-state index in [1.54, 1.807) is 0 Å². The molecular weight excluding hydrogens is 402 g/mol. The van der Waals surface area contributed by atoms with Crippen molar-refractivity contribution in [2.24, 2.45) is 5.84 Å². The fourth-order valence-corrected chi connectivity index (χ4v) is 3.59. The van der Waals surface area contributed by atoms with Crippen LogP contribution < -0.4 is 11.3 Å². The maximum atomic E-state index is 13.9. The lowest BCUT2D eigenvalue weighted by atomic mass is 10.0. The first-order valence-electron chi connectivity index (χ1n) is 5.35. The lowest BCUT2D eigenvalue weighted by Crippen LogP contribution is -2.29. The molecular formula is C12H10Br2F2N2S. The van der Waals surface area contributed by atoms with Crippen LogP contribution >= 0.6 is 43.2 Å². The third-order valence-electron chi connectivity index (χ3n) is 2.68. The first-order valence-corrected chi connectivity index (χ1v) is 7.82. The molecule has 2 rings (SSSR count). The second-order valence-electron chi connectivity index (χ2n) is 3.91. The van der Waals surface area contributed by atoms with E-state index in [9.17, 15) is 8.78 Å². The Kier molecular flexibility index (Phi) is 5.08. The topological polar surface area (TPSA) is 38.0 Å². The Hall–Kier alpha value is -0.340. The molecule has 0 saturated carbocycles. The molecule has 1 aromatic carbocycles. The van der Waals surface area contributed by atoms with Gasteiger partial charge in [-0.2, -0.15) is 0 Å². The minimum Gasteiger partial charge on any atom is -0.271 e. The molecule has 0 radical (unpaired) electrons. The lowest BCUT2D eigenvalue weighted by Gasteiger charge is -2.15. The summed E-state index contributed by atoms with van der Waals surface area (Å²) in [6.07, 6.45) is 0.139. The SMILES string of the molecule is NNC(Cc1c(F)ccc(Br)c1F)c1cc(Br)cs1. The zero-order valence-corrected chi connectivity index (χ0v) is 13.6. The molecule has 0 bridgehead atoms. The Balaban J connectivity index is 2.31. The van der Waals surface area contributed by atoms with Crippen molar-refractivity contribution >= 4 is 43.2 Å². The highest BCUT2D eigenvalue weighted by atomic mass is 79.9. The number of hydrogen-bond donors (Lipinski definition) is 2. The first-order chi connectivity index (χ1) is 9.02. The van der Waals surface area contributed by atoms with Gasteiger partial charge in [0.15, 0.2) is 0 Å². The molecule has 1 unspecified atom stereocenters. The van der Waals surface area contributed by atoms with Crippen LogP contribution in [-0.4, -0.2) is 0 Å². The highest BCUT2D eigenvalue weighted by Gasteiger charge is 2.19. The number of halogens is 4. The van der Waals surface area contributed by atoms with Gasteiger partial charge in [-0.15, -0.1) is 11.3 Å². The average Bonchev–Trinajstić information content (AvgIpc) is 2.81. The molecule has 3 N–H and O–H groups in total. The summed E-state index contributed by atoms with van der Waals surface area (Å²) < 4.78 is 28.8. The molecule has 2 nitrogen and oxygen atoms in total. The van der Waals surface area contributed by atoms with Crippen molar-refractivity contribution in [1.29, 1.82) is 0 Å². The van der Waals surface area contributed by atoms with E-state index >= 15 is 0 Å². The van der Waals surface area contributed by atoms with Gasteiger partial charge in [-0.3, -0.25) is 11.3 Å². The predicted molar refractivity (Wildman–Crippen MR) is 79.8 cm³/mol. The second kappa shape index (κ2) is 6.41. The summed E-state index contributed by atoms with van der Waals surface area (Å²) in [5.74, 6) is 4.33. The quantitative estimate of drug-likeness (QED) is 0.447. The van der Waals surface area contributed by atoms with Gasteiger partial charge < -0.3 is 0 Å². The van der Waals surface area contributed by atoms with Crippen LogP contribution in [0.25, 0.3) is 0 Å². The largest absolute Gasteiger partial charge is 0.271 e. The van der Waals surface area contributed by atoms with Crippen LogP contribution in [0.3, 0.4) is 0 Å². The van der Waals surface area contributed by atoms with Gasteiger partial charge in [0, 0.05) is 20.3 Å². The van der Waals surface area contributed by atoms with Gasteiger partial charge in [0.25, 0.3) is 0 Å². The fourth-order valence-electron chi connectivity index (χ4n) is 1.71. The van der Waals surface area contributed by atoms with E-state index in [0.717, 1.165) is 9.35 Å². The van der Waals surface area contributed by atoms with Gasteiger partial charge in [-0.25, -0.2) is 8.78 Å². The van der Waals surface area contributed by atoms with Crippen LogP contribution in [0.15, 0.2) is 32.5 Å². The van der Waals surface area contributed by atoms with Crippen LogP contribution in [0.1, 0.15) is 16.5 Å². The molecule has 1 heterocycles. The van der Waals surface area contributed by atoms with Gasteiger partial charge in [0.05, 0.1) is 10.5 Å². The summed E-state index contributed by atoms with van der Waals surface area (Å²) in [5, 5.41) is 1.90. The van der Waals surface area contributed by atoms with Crippen LogP contribution in [0, 0.1) is 11.6 Å². The van der Waals surface area contributed by atoms with E-state index in [4.69, 9.17) is 5.84 Å². The number of rotatable bonds is 4. The molecule has 0 saturated heterocycles. The normalized spacial score (nSPS) is 12.7.